The minimum absolute atomic E-state index is 0. The number of allylic oxidation sites excluding steroid dienone is 2. The smallest absolute Gasteiger partial charge is 1.00 e. The molecule has 0 aromatic carbocycles. The number of carbonyl (C=O) groups excluding carboxylic acids is 1. The van der Waals surface area contributed by atoms with Gasteiger partial charge in [-0.1, -0.05) is 0 Å². The Morgan fingerprint density at radius 3 is 2.12 bits per heavy atom. The summed E-state index contributed by atoms with van der Waals surface area (Å²) < 4.78 is 0. The molecule has 6 nitrogen and oxygen atoms in total. The molecule has 1 amide bonds. The molecule has 2 N–H and O–H groups in total. The average molecular weight is 234 g/mol. The zero-order valence-corrected chi connectivity index (χ0v) is 12.7. The number of nitrogens with zero attached hydrogens (tertiary/aromatic N) is 3. The van der Waals surface area contributed by atoms with Crippen molar-refractivity contribution in [2.45, 2.75) is 0 Å². The number of aliphatic hydroxyl groups excluding tert-OH is 1. The van der Waals surface area contributed by atoms with Crippen molar-refractivity contribution in [2.24, 2.45) is 0 Å². The molecule has 0 fully saturated rings. The maximum absolute atomic E-state index is 10.9. The number of hydrogen-bond acceptors (Lipinski definition) is 5. The topological polar surface area (TPSA) is 121 Å². The summed E-state index contributed by atoms with van der Waals surface area (Å²) in [6.07, 6.45) is 0. The predicted molar refractivity (Wildman–Crippen MR) is 43.9 cm³/mol. The fraction of sp³-hybridized carbons (Fsp3) is 0. The van der Waals surface area contributed by atoms with Gasteiger partial charge in [0.15, 0.2) is 5.57 Å². The first-order valence-corrected chi connectivity index (χ1v) is 3.35. The molecule has 16 heavy (non-hydrogen) atoms. The first kappa shape index (κ1) is 17.6. The average Bonchev–Trinajstić information content (AvgIpc) is 2.45. The van der Waals surface area contributed by atoms with Gasteiger partial charge in [0, 0.05) is 0 Å². The second-order valence-electron chi connectivity index (χ2n) is 2.26. The molecule has 8 heteroatoms. The van der Waals surface area contributed by atoms with Crippen LogP contribution in [0, 0.1) is 34.0 Å². The quantitative estimate of drug-likeness (QED) is 0.319. The van der Waals surface area contributed by atoms with Gasteiger partial charge in [0.2, 0.25) is 5.76 Å². The van der Waals surface area contributed by atoms with Crippen molar-refractivity contribution < 1.29 is 71.9 Å². The molecule has 1 aliphatic rings. The van der Waals surface area contributed by atoms with Gasteiger partial charge in [-0.3, -0.25) is 4.79 Å². The van der Waals surface area contributed by atoms with E-state index < -0.39 is 17.2 Å². The van der Waals surface area contributed by atoms with Crippen LogP contribution in [0.4, 0.5) is 0 Å². The van der Waals surface area contributed by atoms with Crippen molar-refractivity contribution in [3.63, 3.8) is 0 Å². The second-order valence-corrected chi connectivity index (χ2v) is 2.26. The van der Waals surface area contributed by atoms with E-state index in [0.29, 0.717) is 0 Å². The summed E-state index contributed by atoms with van der Waals surface area (Å²) in [6.45, 7) is 0. The van der Waals surface area contributed by atoms with Crippen LogP contribution in [0.15, 0.2) is 22.6 Å². The number of nitriles is 3. The van der Waals surface area contributed by atoms with Crippen molar-refractivity contribution in [3.8, 4) is 18.2 Å². The normalized spacial score (nSPS) is 12.3. The van der Waals surface area contributed by atoms with E-state index in [0.717, 1.165) is 0 Å². The molecule has 1 heterocycles. The molecule has 0 spiro atoms. The number of aliphatic hydroxyl groups is 1. The van der Waals surface area contributed by atoms with E-state index in [1.807, 2.05) is 0 Å². The van der Waals surface area contributed by atoms with Crippen molar-refractivity contribution in [3.05, 3.63) is 22.6 Å². The van der Waals surface area contributed by atoms with Crippen LogP contribution in [0.3, 0.4) is 0 Å². The molecule has 0 saturated carbocycles. The van der Waals surface area contributed by atoms with Crippen molar-refractivity contribution in [2.75, 3.05) is 0 Å². The molecule has 0 atom stereocenters. The van der Waals surface area contributed by atoms with E-state index >= 15 is 0 Å². The van der Waals surface area contributed by atoms with Gasteiger partial charge < -0.3 is 13.3 Å². The second kappa shape index (κ2) is 7.49. The maximum Gasteiger partial charge on any atom is 1.00 e. The Morgan fingerprint density at radius 2 is 1.75 bits per heavy atom. The predicted octanol–water partition coefficient (Wildman–Crippen LogP) is -6.01. The van der Waals surface area contributed by atoms with Gasteiger partial charge in [-0.15, -0.1) is 0 Å². The minimum Gasteiger partial charge on any atom is -1.00 e. The van der Waals surface area contributed by atoms with Crippen LogP contribution in [0.25, 0.3) is 0 Å². The van der Waals surface area contributed by atoms with E-state index in [-0.39, 0.29) is 73.2 Å². The third-order valence-corrected chi connectivity index (χ3v) is 1.53. The van der Waals surface area contributed by atoms with Crippen LogP contribution in [0.5, 0.6) is 0 Å². The molecule has 70 valence electrons. The SMILES string of the molecule is N#CC(C#N)=C1NC(=O)C(O)=C1C#N.[H-].[H-].[Na+].[Na+]. The Bertz CT molecular complexity index is 495. The van der Waals surface area contributed by atoms with Crippen LogP contribution in [0.1, 0.15) is 2.85 Å². The molecule has 0 unspecified atom stereocenters. The van der Waals surface area contributed by atoms with E-state index in [1.54, 1.807) is 0 Å². The Balaban J connectivity index is -0.000000245. The standard InChI is InChI=1S/C8H2N4O2.2Na.2H/c9-1-4(2-10)6-5(3-11)7(13)8(14)12-6;;;;/h13H,(H,12,14);;;;/q;2*+1;2*-1. The summed E-state index contributed by atoms with van der Waals surface area (Å²) in [7, 11) is 0. The Morgan fingerprint density at radius 1 is 1.25 bits per heavy atom. The van der Waals surface area contributed by atoms with Crippen LogP contribution in [0.2, 0.25) is 0 Å². The van der Waals surface area contributed by atoms with Gasteiger partial charge in [-0.05, 0) is 0 Å². The summed E-state index contributed by atoms with van der Waals surface area (Å²) in [4.78, 5) is 10.9. The fourth-order valence-electron chi connectivity index (χ4n) is 0.900. The molecule has 0 saturated heterocycles. The van der Waals surface area contributed by atoms with Crippen LogP contribution < -0.4 is 64.4 Å². The molecule has 0 radical (unpaired) electrons. The van der Waals surface area contributed by atoms with Gasteiger partial charge in [-0.2, -0.15) is 15.8 Å². The summed E-state index contributed by atoms with van der Waals surface area (Å²) >= 11 is 0. The monoisotopic (exact) mass is 234 g/mol. The minimum atomic E-state index is -0.889. The molecule has 0 aromatic heterocycles. The Labute approximate surface area is 138 Å². The number of hydrogen-bond donors (Lipinski definition) is 2. The number of carbonyl (C=O) groups is 1. The van der Waals surface area contributed by atoms with E-state index in [1.165, 1.54) is 18.2 Å². The summed E-state index contributed by atoms with van der Waals surface area (Å²) in [5.41, 5.74) is -1.04. The van der Waals surface area contributed by atoms with E-state index in [2.05, 4.69) is 5.32 Å². The molecule has 0 aromatic rings. The summed E-state index contributed by atoms with van der Waals surface area (Å²) in [5.74, 6) is -1.66. The molecular weight excluding hydrogens is 230 g/mol. The van der Waals surface area contributed by atoms with Gasteiger partial charge in [0.25, 0.3) is 5.91 Å². The molecule has 1 rings (SSSR count). The van der Waals surface area contributed by atoms with E-state index in [9.17, 15) is 4.79 Å². The van der Waals surface area contributed by atoms with Crippen molar-refractivity contribution in [1.82, 2.24) is 5.32 Å². The third kappa shape index (κ3) is 3.10. The summed E-state index contributed by atoms with van der Waals surface area (Å²) in [6, 6.07) is 4.54. The van der Waals surface area contributed by atoms with Crippen LogP contribution in [-0.4, -0.2) is 11.0 Å². The van der Waals surface area contributed by atoms with Gasteiger partial charge in [0.05, 0.1) is 5.70 Å². The largest absolute Gasteiger partial charge is 1.00 e. The van der Waals surface area contributed by atoms with Crippen molar-refractivity contribution >= 4 is 5.91 Å². The number of nitrogens with one attached hydrogen (secondary N) is 1. The molecule has 0 bridgehead atoms. The Kier molecular flexibility index (Phi) is 8.24. The molecule has 1 aliphatic heterocycles. The van der Waals surface area contributed by atoms with Gasteiger partial charge >= 0.3 is 59.1 Å². The summed E-state index contributed by atoms with van der Waals surface area (Å²) in [5, 5.41) is 36.6. The first-order chi connectivity index (χ1) is 6.65. The zero-order valence-electron chi connectivity index (χ0n) is 10.7. The maximum atomic E-state index is 10.9. The van der Waals surface area contributed by atoms with E-state index in [4.69, 9.17) is 20.9 Å². The third-order valence-electron chi connectivity index (χ3n) is 1.53. The van der Waals surface area contributed by atoms with Gasteiger partial charge in [-0.25, -0.2) is 0 Å². The molecule has 0 aliphatic carbocycles. The Hall–Kier alpha value is -0.780. The number of amides is 1. The fourth-order valence-corrected chi connectivity index (χ4v) is 0.900. The molecular formula is C8H4N4Na2O2. The van der Waals surface area contributed by atoms with Crippen LogP contribution in [-0.2, 0) is 4.79 Å². The van der Waals surface area contributed by atoms with Crippen molar-refractivity contribution in [1.29, 1.82) is 15.8 Å². The zero-order chi connectivity index (χ0) is 10.7. The van der Waals surface area contributed by atoms with Gasteiger partial charge in [0.1, 0.15) is 23.8 Å². The van der Waals surface area contributed by atoms with Crippen LogP contribution >= 0.6 is 0 Å². The number of rotatable bonds is 0. The first-order valence-electron chi connectivity index (χ1n) is 3.35.